The van der Waals surface area contributed by atoms with E-state index >= 15 is 0 Å². The number of benzene rings is 2. The van der Waals surface area contributed by atoms with Crippen molar-refractivity contribution in [2.24, 2.45) is 0 Å². The topological polar surface area (TPSA) is 12.0 Å². The monoisotopic (exact) mass is 287 g/mol. The first-order valence-corrected chi connectivity index (χ1v) is 7.55. The fourth-order valence-electron chi connectivity index (χ4n) is 2.21. The molecule has 106 valence electrons. The SMILES string of the molecule is Cc1ccc(CNC(C)CCc2ccccc2)c(Cl)c1. The predicted molar refractivity (Wildman–Crippen MR) is 87.3 cm³/mol. The third kappa shape index (κ3) is 4.66. The van der Waals surface area contributed by atoms with Gasteiger partial charge in [0.05, 0.1) is 0 Å². The van der Waals surface area contributed by atoms with Crippen molar-refractivity contribution in [2.75, 3.05) is 0 Å². The minimum Gasteiger partial charge on any atom is -0.310 e. The second-order valence-corrected chi connectivity index (χ2v) is 5.81. The molecule has 2 aromatic rings. The average molecular weight is 288 g/mol. The molecule has 0 aliphatic carbocycles. The van der Waals surface area contributed by atoms with E-state index in [9.17, 15) is 0 Å². The Morgan fingerprint density at radius 3 is 2.55 bits per heavy atom. The number of hydrogen-bond donors (Lipinski definition) is 1. The van der Waals surface area contributed by atoms with Crippen LogP contribution in [0, 0.1) is 6.92 Å². The van der Waals surface area contributed by atoms with E-state index in [0.717, 1.165) is 24.4 Å². The molecule has 0 aromatic heterocycles. The zero-order valence-electron chi connectivity index (χ0n) is 12.2. The quantitative estimate of drug-likeness (QED) is 0.808. The van der Waals surface area contributed by atoms with Crippen LogP contribution in [0.1, 0.15) is 30.0 Å². The van der Waals surface area contributed by atoms with Crippen LogP contribution in [0.15, 0.2) is 48.5 Å². The van der Waals surface area contributed by atoms with Crippen molar-refractivity contribution in [3.63, 3.8) is 0 Å². The molecule has 1 atom stereocenters. The third-order valence-electron chi connectivity index (χ3n) is 3.56. The zero-order valence-corrected chi connectivity index (χ0v) is 13.0. The van der Waals surface area contributed by atoms with Crippen LogP contribution in [0.4, 0.5) is 0 Å². The van der Waals surface area contributed by atoms with Crippen LogP contribution in [0.3, 0.4) is 0 Å². The van der Waals surface area contributed by atoms with Gasteiger partial charge in [0.25, 0.3) is 0 Å². The molecule has 2 rings (SSSR count). The lowest BCUT2D eigenvalue weighted by molar-refractivity contribution is 0.514. The Labute approximate surface area is 127 Å². The standard InChI is InChI=1S/C18H22ClN/c1-14-8-11-17(18(19)12-14)13-20-15(2)9-10-16-6-4-3-5-7-16/h3-8,11-12,15,20H,9-10,13H2,1-2H3. The predicted octanol–water partition coefficient (Wildman–Crippen LogP) is 4.76. The maximum Gasteiger partial charge on any atom is 0.0453 e. The molecule has 0 saturated carbocycles. The number of hydrogen-bond acceptors (Lipinski definition) is 1. The Morgan fingerprint density at radius 1 is 1.10 bits per heavy atom. The molecule has 1 unspecified atom stereocenters. The second kappa shape index (κ2) is 7.47. The molecule has 2 heteroatoms. The Hall–Kier alpha value is -1.31. The van der Waals surface area contributed by atoms with Crippen molar-refractivity contribution >= 4 is 11.6 Å². The largest absolute Gasteiger partial charge is 0.310 e. The summed E-state index contributed by atoms with van der Waals surface area (Å²) in [5.74, 6) is 0. The summed E-state index contributed by atoms with van der Waals surface area (Å²) in [7, 11) is 0. The van der Waals surface area contributed by atoms with Gasteiger partial charge < -0.3 is 5.32 Å². The molecular formula is C18H22ClN. The van der Waals surface area contributed by atoms with Gasteiger partial charge >= 0.3 is 0 Å². The zero-order chi connectivity index (χ0) is 14.4. The molecule has 0 aliphatic rings. The highest BCUT2D eigenvalue weighted by molar-refractivity contribution is 6.31. The molecule has 1 N–H and O–H groups in total. The normalized spacial score (nSPS) is 12.3. The van der Waals surface area contributed by atoms with E-state index in [2.05, 4.69) is 61.6 Å². The van der Waals surface area contributed by atoms with E-state index in [1.54, 1.807) is 0 Å². The summed E-state index contributed by atoms with van der Waals surface area (Å²) < 4.78 is 0. The van der Waals surface area contributed by atoms with Gasteiger partial charge in [-0.25, -0.2) is 0 Å². The van der Waals surface area contributed by atoms with Crippen LogP contribution >= 0.6 is 11.6 Å². The minimum atomic E-state index is 0.479. The third-order valence-corrected chi connectivity index (χ3v) is 3.91. The van der Waals surface area contributed by atoms with Gasteiger partial charge in [-0.1, -0.05) is 54.1 Å². The number of aryl methyl sites for hydroxylation is 2. The highest BCUT2D eigenvalue weighted by atomic mass is 35.5. The van der Waals surface area contributed by atoms with Gasteiger partial charge in [-0.15, -0.1) is 0 Å². The van der Waals surface area contributed by atoms with E-state index in [-0.39, 0.29) is 0 Å². The first-order chi connectivity index (χ1) is 9.65. The molecule has 1 nitrogen and oxygen atoms in total. The van der Waals surface area contributed by atoms with Crippen molar-refractivity contribution in [2.45, 2.75) is 39.3 Å². The lowest BCUT2D eigenvalue weighted by atomic mass is 10.1. The summed E-state index contributed by atoms with van der Waals surface area (Å²) in [5.41, 5.74) is 3.77. The molecule has 0 spiro atoms. The van der Waals surface area contributed by atoms with Crippen LogP contribution < -0.4 is 5.32 Å². The van der Waals surface area contributed by atoms with E-state index in [0.29, 0.717) is 6.04 Å². The summed E-state index contributed by atoms with van der Waals surface area (Å²) in [6.07, 6.45) is 2.24. The Balaban J connectivity index is 1.79. The lowest BCUT2D eigenvalue weighted by Crippen LogP contribution is -2.26. The van der Waals surface area contributed by atoms with Crippen LogP contribution in [-0.4, -0.2) is 6.04 Å². The van der Waals surface area contributed by atoms with Gasteiger partial charge in [0.1, 0.15) is 0 Å². The summed E-state index contributed by atoms with van der Waals surface area (Å²) >= 11 is 6.25. The summed E-state index contributed by atoms with van der Waals surface area (Å²) in [4.78, 5) is 0. The van der Waals surface area contributed by atoms with Crippen LogP contribution in [0.5, 0.6) is 0 Å². The van der Waals surface area contributed by atoms with E-state index < -0.39 is 0 Å². The molecule has 20 heavy (non-hydrogen) atoms. The fraction of sp³-hybridized carbons (Fsp3) is 0.333. The average Bonchev–Trinajstić information content (AvgIpc) is 2.45. The number of nitrogens with one attached hydrogen (secondary N) is 1. The van der Waals surface area contributed by atoms with E-state index in [1.165, 1.54) is 16.7 Å². The van der Waals surface area contributed by atoms with Crippen molar-refractivity contribution < 1.29 is 0 Å². The Bertz CT molecular complexity index is 536. The van der Waals surface area contributed by atoms with Crippen LogP contribution in [0.2, 0.25) is 5.02 Å². The van der Waals surface area contributed by atoms with Crippen LogP contribution in [-0.2, 0) is 13.0 Å². The van der Waals surface area contributed by atoms with Crippen molar-refractivity contribution in [3.8, 4) is 0 Å². The van der Waals surface area contributed by atoms with Crippen molar-refractivity contribution in [1.82, 2.24) is 5.32 Å². The summed E-state index contributed by atoms with van der Waals surface area (Å²) in [5, 5.41) is 4.40. The van der Waals surface area contributed by atoms with Gasteiger partial charge in [0.15, 0.2) is 0 Å². The Kier molecular flexibility index (Phi) is 5.63. The molecule has 0 saturated heterocycles. The van der Waals surface area contributed by atoms with Crippen LogP contribution in [0.25, 0.3) is 0 Å². The summed E-state index contributed by atoms with van der Waals surface area (Å²) in [6.45, 7) is 5.12. The molecule has 0 heterocycles. The molecule has 0 amide bonds. The Morgan fingerprint density at radius 2 is 1.85 bits per heavy atom. The molecular weight excluding hydrogens is 266 g/mol. The first kappa shape index (κ1) is 15.1. The molecule has 0 bridgehead atoms. The highest BCUT2D eigenvalue weighted by Crippen LogP contribution is 2.17. The summed E-state index contributed by atoms with van der Waals surface area (Å²) in [6, 6.07) is 17.3. The fourth-order valence-corrected chi connectivity index (χ4v) is 2.51. The lowest BCUT2D eigenvalue weighted by Gasteiger charge is -2.14. The number of halogens is 1. The molecule has 2 aromatic carbocycles. The van der Waals surface area contributed by atoms with Gasteiger partial charge in [-0.05, 0) is 49.4 Å². The van der Waals surface area contributed by atoms with Gasteiger partial charge in [0.2, 0.25) is 0 Å². The first-order valence-electron chi connectivity index (χ1n) is 7.17. The second-order valence-electron chi connectivity index (χ2n) is 5.40. The maximum absolute atomic E-state index is 6.25. The maximum atomic E-state index is 6.25. The number of rotatable bonds is 6. The van der Waals surface area contributed by atoms with E-state index in [4.69, 9.17) is 11.6 Å². The molecule has 0 fully saturated rings. The molecule has 0 aliphatic heterocycles. The van der Waals surface area contributed by atoms with Gasteiger partial charge in [-0.3, -0.25) is 0 Å². The highest BCUT2D eigenvalue weighted by Gasteiger charge is 2.05. The van der Waals surface area contributed by atoms with Crippen molar-refractivity contribution in [3.05, 3.63) is 70.2 Å². The van der Waals surface area contributed by atoms with E-state index in [1.807, 2.05) is 6.07 Å². The smallest absolute Gasteiger partial charge is 0.0453 e. The van der Waals surface area contributed by atoms with Gasteiger partial charge in [0, 0.05) is 17.6 Å². The minimum absolute atomic E-state index is 0.479. The van der Waals surface area contributed by atoms with Gasteiger partial charge in [-0.2, -0.15) is 0 Å². The van der Waals surface area contributed by atoms with Crippen molar-refractivity contribution in [1.29, 1.82) is 0 Å². The molecule has 0 radical (unpaired) electrons.